The molecule has 0 bridgehead atoms. The zero-order valence-electron chi connectivity index (χ0n) is 10.1. The molecule has 1 atom stereocenters. The molecule has 0 saturated carbocycles. The Balaban J connectivity index is 2.71. The largest absolute Gasteiger partial charge is 0.492 e. The van der Waals surface area contributed by atoms with Crippen LogP contribution in [0.2, 0.25) is 5.02 Å². The smallest absolute Gasteiger partial charge is 0.137 e. The lowest BCUT2D eigenvalue weighted by Gasteiger charge is -2.13. The van der Waals surface area contributed by atoms with Crippen molar-refractivity contribution in [3.8, 4) is 5.75 Å². The summed E-state index contributed by atoms with van der Waals surface area (Å²) < 4.78 is 5.40. The van der Waals surface area contributed by atoms with Crippen molar-refractivity contribution in [1.82, 2.24) is 0 Å². The lowest BCUT2D eigenvalue weighted by atomic mass is 9.95. The van der Waals surface area contributed by atoms with E-state index in [0.29, 0.717) is 17.5 Å². The molecule has 1 radical (unpaired) electrons. The maximum Gasteiger partial charge on any atom is 0.137 e. The average molecular weight is 240 g/mol. The van der Waals surface area contributed by atoms with Gasteiger partial charge < -0.3 is 4.74 Å². The molecule has 0 N–H and O–H groups in total. The van der Waals surface area contributed by atoms with Crippen molar-refractivity contribution in [2.45, 2.75) is 39.0 Å². The molecule has 2 heteroatoms. The molecule has 1 nitrogen and oxygen atoms in total. The summed E-state index contributed by atoms with van der Waals surface area (Å²) >= 11 is 6.13. The standard InChI is InChI=1S/C14H20ClO/c1-4-6-7-11(3)12-8-9-14(16-5-2)13(15)10-12/h8-11H,3-7H2,1-2H3. The van der Waals surface area contributed by atoms with Crippen molar-refractivity contribution in [3.05, 3.63) is 35.7 Å². The first-order valence-corrected chi connectivity index (χ1v) is 6.32. The molecule has 0 spiro atoms. The zero-order valence-corrected chi connectivity index (χ0v) is 10.9. The number of hydrogen-bond acceptors (Lipinski definition) is 1. The highest BCUT2D eigenvalue weighted by Crippen LogP contribution is 2.30. The maximum atomic E-state index is 6.13. The van der Waals surface area contributed by atoms with Crippen LogP contribution in [0.5, 0.6) is 5.75 Å². The molecule has 16 heavy (non-hydrogen) atoms. The quantitative estimate of drug-likeness (QED) is 0.690. The number of halogens is 1. The molecule has 0 fully saturated rings. The van der Waals surface area contributed by atoms with Crippen molar-refractivity contribution < 1.29 is 4.74 Å². The highest BCUT2D eigenvalue weighted by Gasteiger charge is 2.08. The molecule has 0 heterocycles. The van der Waals surface area contributed by atoms with E-state index in [4.69, 9.17) is 16.3 Å². The SMILES string of the molecule is [CH2]C(CCCC)c1ccc(OCC)c(Cl)c1. The van der Waals surface area contributed by atoms with Gasteiger partial charge in [-0.05, 0) is 43.9 Å². The van der Waals surface area contributed by atoms with E-state index in [1.54, 1.807) is 0 Å². The topological polar surface area (TPSA) is 9.23 Å². The van der Waals surface area contributed by atoms with Crippen LogP contribution in [-0.2, 0) is 0 Å². The monoisotopic (exact) mass is 239 g/mol. The fraction of sp³-hybridized carbons (Fsp3) is 0.500. The van der Waals surface area contributed by atoms with Gasteiger partial charge in [0.05, 0.1) is 11.6 Å². The third-order valence-corrected chi connectivity index (χ3v) is 2.93. The van der Waals surface area contributed by atoms with Crippen LogP contribution in [0.1, 0.15) is 44.6 Å². The summed E-state index contributed by atoms with van der Waals surface area (Å²) in [5, 5.41) is 0.685. The zero-order chi connectivity index (χ0) is 12.0. The Bertz CT molecular complexity index is 323. The van der Waals surface area contributed by atoms with Crippen molar-refractivity contribution >= 4 is 11.6 Å². The fourth-order valence-electron chi connectivity index (χ4n) is 1.66. The summed E-state index contributed by atoms with van der Waals surface area (Å²) in [6.07, 6.45) is 3.52. The molecule has 1 aromatic rings. The van der Waals surface area contributed by atoms with Crippen LogP contribution in [0, 0.1) is 6.92 Å². The van der Waals surface area contributed by atoms with E-state index in [1.807, 2.05) is 19.1 Å². The normalized spacial score (nSPS) is 12.5. The van der Waals surface area contributed by atoms with Gasteiger partial charge >= 0.3 is 0 Å². The minimum atomic E-state index is 0.327. The summed E-state index contributed by atoms with van der Waals surface area (Å²) in [6.45, 7) is 8.95. The van der Waals surface area contributed by atoms with Crippen LogP contribution in [-0.4, -0.2) is 6.61 Å². The maximum absolute atomic E-state index is 6.13. The Morgan fingerprint density at radius 1 is 1.38 bits per heavy atom. The number of benzene rings is 1. The molecular weight excluding hydrogens is 220 g/mol. The van der Waals surface area contributed by atoms with Crippen molar-refractivity contribution in [3.63, 3.8) is 0 Å². The Hall–Kier alpha value is -0.690. The van der Waals surface area contributed by atoms with Crippen LogP contribution in [0.3, 0.4) is 0 Å². The van der Waals surface area contributed by atoms with Crippen LogP contribution in [0.4, 0.5) is 0 Å². The van der Waals surface area contributed by atoms with Crippen LogP contribution >= 0.6 is 11.6 Å². The second kappa shape index (κ2) is 6.80. The lowest BCUT2D eigenvalue weighted by molar-refractivity contribution is 0.340. The Labute approximate surface area is 104 Å². The van der Waals surface area contributed by atoms with E-state index in [0.717, 1.165) is 12.2 Å². The van der Waals surface area contributed by atoms with Gasteiger partial charge in [0.1, 0.15) is 5.75 Å². The highest BCUT2D eigenvalue weighted by molar-refractivity contribution is 6.32. The van der Waals surface area contributed by atoms with E-state index in [-0.39, 0.29) is 0 Å². The van der Waals surface area contributed by atoms with Gasteiger partial charge in [0.25, 0.3) is 0 Å². The highest BCUT2D eigenvalue weighted by atomic mass is 35.5. The molecule has 0 aromatic heterocycles. The Morgan fingerprint density at radius 2 is 2.12 bits per heavy atom. The van der Waals surface area contributed by atoms with Gasteiger partial charge in [-0.2, -0.15) is 0 Å². The molecule has 1 rings (SSSR count). The summed E-state index contributed by atoms with van der Waals surface area (Å²) in [7, 11) is 0. The second-order valence-electron chi connectivity index (χ2n) is 3.96. The van der Waals surface area contributed by atoms with Gasteiger partial charge in [-0.25, -0.2) is 0 Å². The van der Waals surface area contributed by atoms with Crippen LogP contribution < -0.4 is 4.74 Å². The van der Waals surface area contributed by atoms with Gasteiger partial charge in [-0.1, -0.05) is 37.4 Å². The van der Waals surface area contributed by atoms with Gasteiger partial charge in [0.2, 0.25) is 0 Å². The predicted octanol–water partition coefficient (Wildman–Crippen LogP) is 4.85. The van der Waals surface area contributed by atoms with Crippen LogP contribution in [0.15, 0.2) is 18.2 Å². The van der Waals surface area contributed by atoms with Crippen molar-refractivity contribution in [2.24, 2.45) is 0 Å². The molecule has 0 aliphatic carbocycles. The second-order valence-corrected chi connectivity index (χ2v) is 4.37. The van der Waals surface area contributed by atoms with Gasteiger partial charge in [-0.15, -0.1) is 0 Å². The molecule has 0 amide bonds. The first-order valence-electron chi connectivity index (χ1n) is 5.94. The number of unbranched alkanes of at least 4 members (excludes halogenated alkanes) is 1. The molecule has 0 saturated heterocycles. The Kier molecular flexibility index (Phi) is 5.68. The van der Waals surface area contributed by atoms with E-state index in [1.165, 1.54) is 18.4 Å². The van der Waals surface area contributed by atoms with Crippen molar-refractivity contribution in [1.29, 1.82) is 0 Å². The van der Waals surface area contributed by atoms with E-state index in [2.05, 4.69) is 19.9 Å². The molecule has 1 unspecified atom stereocenters. The minimum absolute atomic E-state index is 0.327. The van der Waals surface area contributed by atoms with Gasteiger partial charge in [0.15, 0.2) is 0 Å². The molecule has 1 aromatic carbocycles. The first kappa shape index (κ1) is 13.4. The van der Waals surface area contributed by atoms with Crippen LogP contribution in [0.25, 0.3) is 0 Å². The van der Waals surface area contributed by atoms with Gasteiger partial charge in [0, 0.05) is 0 Å². The summed E-state index contributed by atoms with van der Waals surface area (Å²) in [5.41, 5.74) is 1.20. The van der Waals surface area contributed by atoms with E-state index < -0.39 is 0 Å². The van der Waals surface area contributed by atoms with E-state index >= 15 is 0 Å². The number of rotatable bonds is 6. The van der Waals surface area contributed by atoms with E-state index in [9.17, 15) is 0 Å². The molecule has 0 aliphatic rings. The van der Waals surface area contributed by atoms with Crippen molar-refractivity contribution in [2.75, 3.05) is 6.61 Å². The summed E-state index contributed by atoms with van der Waals surface area (Å²) in [4.78, 5) is 0. The van der Waals surface area contributed by atoms with Gasteiger partial charge in [-0.3, -0.25) is 0 Å². The molecular formula is C14H20ClO. The third kappa shape index (κ3) is 3.71. The third-order valence-electron chi connectivity index (χ3n) is 2.63. The summed E-state index contributed by atoms with van der Waals surface area (Å²) in [6, 6.07) is 5.97. The Morgan fingerprint density at radius 3 is 2.69 bits per heavy atom. The number of hydrogen-bond donors (Lipinski definition) is 0. The molecule has 0 aliphatic heterocycles. The lowest BCUT2D eigenvalue weighted by Crippen LogP contribution is -1.96. The summed E-state index contributed by atoms with van der Waals surface area (Å²) in [5.74, 6) is 1.09. The average Bonchev–Trinajstić information content (AvgIpc) is 2.29. The molecule has 89 valence electrons. The first-order chi connectivity index (χ1) is 7.69. The number of ether oxygens (including phenoxy) is 1. The predicted molar refractivity (Wildman–Crippen MR) is 70.2 cm³/mol. The minimum Gasteiger partial charge on any atom is -0.492 e. The fourth-order valence-corrected chi connectivity index (χ4v) is 1.90.